The number of ether oxygens (including phenoxy) is 1. The molecule has 20 heavy (non-hydrogen) atoms. The number of benzene rings is 1. The van der Waals surface area contributed by atoms with Crippen molar-refractivity contribution >= 4 is 11.0 Å². The van der Waals surface area contributed by atoms with Crippen LogP contribution in [0.15, 0.2) is 22.6 Å². The molecule has 1 aromatic heterocycles. The number of nitrogens with one attached hydrogen (secondary N) is 1. The Hall–Kier alpha value is -1.48. The van der Waals surface area contributed by atoms with Crippen molar-refractivity contribution in [3.05, 3.63) is 29.5 Å². The van der Waals surface area contributed by atoms with Gasteiger partial charge in [-0.15, -0.1) is 0 Å². The van der Waals surface area contributed by atoms with Gasteiger partial charge in [-0.1, -0.05) is 39.3 Å². The van der Waals surface area contributed by atoms with Crippen LogP contribution in [0, 0.1) is 0 Å². The van der Waals surface area contributed by atoms with Crippen LogP contribution in [0.3, 0.4) is 0 Å². The molecule has 110 valence electrons. The van der Waals surface area contributed by atoms with Gasteiger partial charge in [0.25, 0.3) is 0 Å². The molecule has 0 bridgehead atoms. The highest BCUT2D eigenvalue weighted by molar-refractivity contribution is 5.87. The molecular weight excluding hydrogens is 250 g/mol. The van der Waals surface area contributed by atoms with E-state index in [-0.39, 0.29) is 0 Å². The summed E-state index contributed by atoms with van der Waals surface area (Å²) in [5, 5.41) is 4.63. The van der Waals surface area contributed by atoms with Gasteiger partial charge in [0.2, 0.25) is 0 Å². The van der Waals surface area contributed by atoms with Gasteiger partial charge in [0, 0.05) is 17.0 Å². The van der Waals surface area contributed by atoms with Gasteiger partial charge >= 0.3 is 0 Å². The number of hydrogen-bond acceptors (Lipinski definition) is 3. The van der Waals surface area contributed by atoms with Crippen molar-refractivity contribution < 1.29 is 9.15 Å². The second kappa shape index (κ2) is 6.80. The molecule has 3 nitrogen and oxygen atoms in total. The average molecular weight is 275 g/mol. The normalized spacial score (nSPS) is 11.4. The maximum absolute atomic E-state index is 6.10. The van der Waals surface area contributed by atoms with Gasteiger partial charge < -0.3 is 14.5 Å². The van der Waals surface area contributed by atoms with Crippen LogP contribution < -0.4 is 10.1 Å². The van der Waals surface area contributed by atoms with Crippen molar-refractivity contribution in [2.24, 2.45) is 0 Å². The zero-order chi connectivity index (χ0) is 14.5. The standard InChI is InChI=1S/C17H25NO2/c1-5-8-13-14-9-7-10-15(19-6-2)17(14)20-16(13)11-18-12(3)4/h7,9-10,12,18H,5-6,8,11H2,1-4H3. The largest absolute Gasteiger partial charge is 0.490 e. The van der Waals surface area contributed by atoms with Crippen LogP contribution in [0.1, 0.15) is 45.4 Å². The second-order valence-electron chi connectivity index (χ2n) is 5.36. The first-order valence-electron chi connectivity index (χ1n) is 7.56. The van der Waals surface area contributed by atoms with E-state index in [2.05, 4.69) is 32.2 Å². The quantitative estimate of drug-likeness (QED) is 0.819. The topological polar surface area (TPSA) is 34.4 Å². The highest BCUT2D eigenvalue weighted by Gasteiger charge is 2.16. The highest BCUT2D eigenvalue weighted by atomic mass is 16.5. The van der Waals surface area contributed by atoms with E-state index in [0.29, 0.717) is 12.6 Å². The van der Waals surface area contributed by atoms with Crippen LogP contribution in [0.5, 0.6) is 5.75 Å². The molecule has 0 aliphatic carbocycles. The summed E-state index contributed by atoms with van der Waals surface area (Å²) >= 11 is 0. The van der Waals surface area contributed by atoms with E-state index in [1.54, 1.807) is 0 Å². The zero-order valence-electron chi connectivity index (χ0n) is 13.0. The summed E-state index contributed by atoms with van der Waals surface area (Å²) in [6, 6.07) is 6.60. The summed E-state index contributed by atoms with van der Waals surface area (Å²) < 4.78 is 11.8. The molecule has 0 amide bonds. The minimum absolute atomic E-state index is 0.448. The molecule has 2 rings (SSSR count). The molecule has 2 aromatic rings. The maximum Gasteiger partial charge on any atom is 0.176 e. The van der Waals surface area contributed by atoms with E-state index in [0.717, 1.165) is 36.5 Å². The Kier molecular flexibility index (Phi) is 5.07. The Morgan fingerprint density at radius 2 is 2.05 bits per heavy atom. The number of aryl methyl sites for hydroxylation is 1. The number of para-hydroxylation sites is 1. The number of furan rings is 1. The number of hydrogen-bond donors (Lipinski definition) is 1. The third-order valence-electron chi connectivity index (χ3n) is 3.34. The molecule has 0 unspecified atom stereocenters. The fourth-order valence-corrected chi connectivity index (χ4v) is 2.43. The van der Waals surface area contributed by atoms with E-state index in [1.807, 2.05) is 19.1 Å². The van der Waals surface area contributed by atoms with Gasteiger partial charge in [-0.3, -0.25) is 0 Å². The van der Waals surface area contributed by atoms with E-state index < -0.39 is 0 Å². The first kappa shape index (κ1) is 14.9. The van der Waals surface area contributed by atoms with Gasteiger partial charge in [0.05, 0.1) is 13.2 Å². The molecule has 0 saturated heterocycles. The van der Waals surface area contributed by atoms with Crippen LogP contribution in [0.25, 0.3) is 11.0 Å². The molecule has 0 aliphatic heterocycles. The fraction of sp³-hybridized carbons (Fsp3) is 0.529. The molecule has 1 heterocycles. The third-order valence-corrected chi connectivity index (χ3v) is 3.34. The maximum atomic E-state index is 6.10. The lowest BCUT2D eigenvalue weighted by atomic mass is 10.1. The third kappa shape index (κ3) is 3.15. The minimum Gasteiger partial charge on any atom is -0.490 e. The summed E-state index contributed by atoms with van der Waals surface area (Å²) in [5.41, 5.74) is 2.20. The number of rotatable bonds is 7. The van der Waals surface area contributed by atoms with Crippen molar-refractivity contribution in [1.82, 2.24) is 5.32 Å². The molecule has 0 saturated carbocycles. The lowest BCUT2D eigenvalue weighted by Gasteiger charge is -2.07. The van der Waals surface area contributed by atoms with Gasteiger partial charge in [0.1, 0.15) is 5.76 Å². The van der Waals surface area contributed by atoms with Gasteiger partial charge in [-0.2, -0.15) is 0 Å². The summed E-state index contributed by atoms with van der Waals surface area (Å²) in [6.07, 6.45) is 2.15. The first-order valence-corrected chi connectivity index (χ1v) is 7.56. The van der Waals surface area contributed by atoms with Gasteiger partial charge in [0.15, 0.2) is 11.3 Å². The molecule has 3 heteroatoms. The zero-order valence-corrected chi connectivity index (χ0v) is 13.0. The second-order valence-corrected chi connectivity index (χ2v) is 5.36. The summed E-state index contributed by atoms with van der Waals surface area (Å²) in [5.74, 6) is 1.89. The van der Waals surface area contributed by atoms with E-state index in [9.17, 15) is 0 Å². The van der Waals surface area contributed by atoms with Crippen molar-refractivity contribution in [2.75, 3.05) is 6.61 Å². The van der Waals surface area contributed by atoms with Crippen molar-refractivity contribution in [2.45, 2.75) is 53.1 Å². The molecule has 0 atom stereocenters. The van der Waals surface area contributed by atoms with E-state index in [1.165, 1.54) is 10.9 Å². The molecule has 0 spiro atoms. The van der Waals surface area contributed by atoms with Crippen LogP contribution >= 0.6 is 0 Å². The Labute approximate surface area is 121 Å². The van der Waals surface area contributed by atoms with Crippen molar-refractivity contribution in [3.8, 4) is 5.75 Å². The lowest BCUT2D eigenvalue weighted by Crippen LogP contribution is -2.22. The summed E-state index contributed by atoms with van der Waals surface area (Å²) in [4.78, 5) is 0. The van der Waals surface area contributed by atoms with E-state index in [4.69, 9.17) is 9.15 Å². The average Bonchev–Trinajstić information content (AvgIpc) is 2.77. The molecule has 0 fully saturated rings. The van der Waals surface area contributed by atoms with Crippen LogP contribution in [0.4, 0.5) is 0 Å². The van der Waals surface area contributed by atoms with Crippen LogP contribution in [-0.2, 0) is 13.0 Å². The minimum atomic E-state index is 0.448. The summed E-state index contributed by atoms with van der Waals surface area (Å²) in [6.45, 7) is 9.91. The van der Waals surface area contributed by atoms with Crippen LogP contribution in [0.2, 0.25) is 0 Å². The SMILES string of the molecule is CCCc1c(CNC(C)C)oc2c(OCC)cccc12. The summed E-state index contributed by atoms with van der Waals surface area (Å²) in [7, 11) is 0. The Balaban J connectivity index is 2.44. The van der Waals surface area contributed by atoms with Gasteiger partial charge in [-0.05, 0) is 19.4 Å². The number of fused-ring (bicyclic) bond motifs is 1. The smallest absolute Gasteiger partial charge is 0.176 e. The van der Waals surface area contributed by atoms with Crippen molar-refractivity contribution in [1.29, 1.82) is 0 Å². The lowest BCUT2D eigenvalue weighted by molar-refractivity contribution is 0.337. The first-order chi connectivity index (χ1) is 9.67. The fourth-order valence-electron chi connectivity index (χ4n) is 2.43. The van der Waals surface area contributed by atoms with Crippen LogP contribution in [-0.4, -0.2) is 12.6 Å². The molecule has 1 N–H and O–H groups in total. The van der Waals surface area contributed by atoms with E-state index >= 15 is 0 Å². The molecule has 1 aromatic carbocycles. The van der Waals surface area contributed by atoms with Crippen molar-refractivity contribution in [3.63, 3.8) is 0 Å². The molecule has 0 aliphatic rings. The predicted molar refractivity (Wildman–Crippen MR) is 83.4 cm³/mol. The van der Waals surface area contributed by atoms with Gasteiger partial charge in [-0.25, -0.2) is 0 Å². The Morgan fingerprint density at radius 3 is 2.70 bits per heavy atom. The Bertz CT molecular complexity index is 557. The molecular formula is C17H25NO2. The predicted octanol–water partition coefficient (Wildman–Crippen LogP) is 4.28. The Morgan fingerprint density at radius 1 is 1.25 bits per heavy atom. The monoisotopic (exact) mass is 275 g/mol. The highest BCUT2D eigenvalue weighted by Crippen LogP contribution is 2.33. The molecule has 0 radical (unpaired) electrons.